The van der Waals surface area contributed by atoms with Crippen LogP contribution in [-0.4, -0.2) is 21.3 Å². The van der Waals surface area contributed by atoms with E-state index in [1.165, 1.54) is 0 Å². The summed E-state index contributed by atoms with van der Waals surface area (Å²) < 4.78 is 16.2. The summed E-state index contributed by atoms with van der Waals surface area (Å²) in [5.74, 6) is 1.75. The molecular weight excluding hydrogens is 300 g/mol. The SMILES string of the molecule is C=Cc1ccc(C(=C)c2cc(OC)c(OC)c(OC)c2)cc1C=C. The molecule has 0 saturated heterocycles. The van der Waals surface area contributed by atoms with Crippen molar-refractivity contribution in [1.29, 1.82) is 0 Å². The highest BCUT2D eigenvalue weighted by Crippen LogP contribution is 2.40. The molecule has 24 heavy (non-hydrogen) atoms. The van der Waals surface area contributed by atoms with Crippen LogP contribution in [0.5, 0.6) is 17.2 Å². The van der Waals surface area contributed by atoms with Gasteiger partial charge in [0.25, 0.3) is 0 Å². The topological polar surface area (TPSA) is 27.7 Å². The zero-order chi connectivity index (χ0) is 17.7. The maximum atomic E-state index is 5.41. The fourth-order valence-electron chi connectivity index (χ4n) is 2.55. The van der Waals surface area contributed by atoms with Crippen molar-refractivity contribution in [3.05, 3.63) is 72.3 Å². The summed E-state index contributed by atoms with van der Waals surface area (Å²) in [5, 5.41) is 0. The monoisotopic (exact) mass is 322 g/mol. The van der Waals surface area contributed by atoms with E-state index in [4.69, 9.17) is 14.2 Å². The lowest BCUT2D eigenvalue weighted by molar-refractivity contribution is 0.324. The van der Waals surface area contributed by atoms with Crippen LogP contribution in [-0.2, 0) is 0 Å². The third kappa shape index (κ3) is 3.20. The first kappa shape index (κ1) is 17.4. The van der Waals surface area contributed by atoms with Crippen molar-refractivity contribution in [2.24, 2.45) is 0 Å². The third-order valence-electron chi connectivity index (χ3n) is 3.89. The summed E-state index contributed by atoms with van der Waals surface area (Å²) in [6.45, 7) is 11.9. The lowest BCUT2D eigenvalue weighted by atomic mass is 9.95. The van der Waals surface area contributed by atoms with Gasteiger partial charge in [0.15, 0.2) is 11.5 Å². The standard InChI is InChI=1S/C21H22O3/c1-7-15-9-10-17(11-16(15)8-2)14(3)18-12-19(22-4)21(24-6)20(13-18)23-5/h7-13H,1-3H2,4-6H3. The summed E-state index contributed by atoms with van der Waals surface area (Å²) >= 11 is 0. The Labute approximate surface area is 143 Å². The van der Waals surface area contributed by atoms with E-state index in [1.807, 2.05) is 42.5 Å². The van der Waals surface area contributed by atoms with Gasteiger partial charge in [-0.15, -0.1) is 0 Å². The van der Waals surface area contributed by atoms with Crippen molar-refractivity contribution in [3.63, 3.8) is 0 Å². The van der Waals surface area contributed by atoms with Gasteiger partial charge in [0.1, 0.15) is 0 Å². The second-order valence-corrected chi connectivity index (χ2v) is 5.14. The molecule has 0 saturated carbocycles. The van der Waals surface area contributed by atoms with Gasteiger partial charge in [0.2, 0.25) is 5.75 Å². The Kier molecular flexibility index (Phi) is 5.48. The molecule has 0 unspecified atom stereocenters. The minimum Gasteiger partial charge on any atom is -0.493 e. The number of ether oxygens (including phenoxy) is 3. The maximum Gasteiger partial charge on any atom is 0.203 e. The van der Waals surface area contributed by atoms with Crippen molar-refractivity contribution in [1.82, 2.24) is 0 Å². The van der Waals surface area contributed by atoms with Crippen LogP contribution in [0.4, 0.5) is 0 Å². The highest BCUT2D eigenvalue weighted by atomic mass is 16.5. The quantitative estimate of drug-likeness (QED) is 0.713. The highest BCUT2D eigenvalue weighted by Gasteiger charge is 2.15. The van der Waals surface area contributed by atoms with Crippen molar-refractivity contribution < 1.29 is 14.2 Å². The third-order valence-corrected chi connectivity index (χ3v) is 3.89. The molecule has 0 amide bonds. The number of methoxy groups -OCH3 is 3. The smallest absolute Gasteiger partial charge is 0.203 e. The Morgan fingerprint density at radius 1 is 0.792 bits per heavy atom. The molecule has 0 aromatic heterocycles. The normalized spacial score (nSPS) is 9.96. The van der Waals surface area contributed by atoms with Crippen LogP contribution in [0, 0.1) is 0 Å². The van der Waals surface area contributed by atoms with E-state index in [9.17, 15) is 0 Å². The molecule has 3 nitrogen and oxygen atoms in total. The fourth-order valence-corrected chi connectivity index (χ4v) is 2.55. The molecule has 0 aliphatic rings. The minimum atomic E-state index is 0.560. The molecule has 3 heteroatoms. The van der Waals surface area contributed by atoms with Crippen molar-refractivity contribution >= 4 is 17.7 Å². The molecule has 0 heterocycles. The lowest BCUT2D eigenvalue weighted by Gasteiger charge is -2.16. The largest absolute Gasteiger partial charge is 0.493 e. The van der Waals surface area contributed by atoms with Gasteiger partial charge in [-0.25, -0.2) is 0 Å². The van der Waals surface area contributed by atoms with Gasteiger partial charge in [0, 0.05) is 0 Å². The molecule has 2 rings (SSSR count). The zero-order valence-corrected chi connectivity index (χ0v) is 14.4. The molecule has 0 N–H and O–H groups in total. The van der Waals surface area contributed by atoms with E-state index in [0.29, 0.717) is 17.2 Å². The van der Waals surface area contributed by atoms with Crippen LogP contribution in [0.2, 0.25) is 0 Å². The molecule has 2 aromatic rings. The van der Waals surface area contributed by atoms with Crippen molar-refractivity contribution in [2.45, 2.75) is 0 Å². The fraction of sp³-hybridized carbons (Fsp3) is 0.143. The van der Waals surface area contributed by atoms with Gasteiger partial charge in [0.05, 0.1) is 21.3 Å². The Bertz CT molecular complexity index is 763. The molecule has 0 atom stereocenters. The molecule has 2 aromatic carbocycles. The second kappa shape index (κ2) is 7.55. The summed E-state index contributed by atoms with van der Waals surface area (Å²) in [7, 11) is 4.77. The number of hydrogen-bond acceptors (Lipinski definition) is 3. The van der Waals surface area contributed by atoms with Crippen LogP contribution in [0.15, 0.2) is 50.1 Å². The summed E-state index contributed by atoms with van der Waals surface area (Å²) in [6, 6.07) is 9.82. The molecule has 124 valence electrons. The summed E-state index contributed by atoms with van der Waals surface area (Å²) in [5.41, 5.74) is 4.78. The predicted octanol–water partition coefficient (Wildman–Crippen LogP) is 5.06. The molecule has 0 bridgehead atoms. The Balaban J connectivity index is 2.53. The molecule has 0 radical (unpaired) electrons. The van der Waals surface area contributed by atoms with Gasteiger partial charge in [-0.05, 0) is 46.0 Å². The maximum absolute atomic E-state index is 5.41. The first-order valence-corrected chi connectivity index (χ1v) is 7.48. The van der Waals surface area contributed by atoms with Gasteiger partial charge in [-0.1, -0.05) is 44.0 Å². The van der Waals surface area contributed by atoms with Crippen LogP contribution in [0.3, 0.4) is 0 Å². The van der Waals surface area contributed by atoms with Crippen molar-refractivity contribution in [3.8, 4) is 17.2 Å². The van der Waals surface area contributed by atoms with Gasteiger partial charge < -0.3 is 14.2 Å². The summed E-state index contributed by atoms with van der Waals surface area (Å²) in [6.07, 6.45) is 3.62. The zero-order valence-electron chi connectivity index (χ0n) is 14.4. The Hall–Kier alpha value is -2.94. The minimum absolute atomic E-state index is 0.560. The van der Waals surface area contributed by atoms with Crippen LogP contribution < -0.4 is 14.2 Å². The number of hydrogen-bond donors (Lipinski definition) is 0. The van der Waals surface area contributed by atoms with Crippen LogP contribution in [0.25, 0.3) is 17.7 Å². The number of benzene rings is 2. The van der Waals surface area contributed by atoms with Crippen molar-refractivity contribution in [2.75, 3.05) is 21.3 Å². The average molecular weight is 322 g/mol. The number of rotatable bonds is 7. The Morgan fingerprint density at radius 3 is 1.83 bits per heavy atom. The van der Waals surface area contributed by atoms with Gasteiger partial charge >= 0.3 is 0 Å². The average Bonchev–Trinajstić information content (AvgIpc) is 2.65. The van der Waals surface area contributed by atoms with E-state index in [2.05, 4.69) is 19.7 Å². The summed E-state index contributed by atoms with van der Waals surface area (Å²) in [4.78, 5) is 0. The highest BCUT2D eigenvalue weighted by molar-refractivity contribution is 5.82. The molecular formula is C21H22O3. The first-order chi connectivity index (χ1) is 11.6. The molecule has 0 fully saturated rings. The lowest BCUT2D eigenvalue weighted by Crippen LogP contribution is -1.97. The molecule has 0 aliphatic heterocycles. The van der Waals surface area contributed by atoms with Crippen LogP contribution >= 0.6 is 0 Å². The van der Waals surface area contributed by atoms with Gasteiger partial charge in [-0.3, -0.25) is 0 Å². The van der Waals surface area contributed by atoms with E-state index in [-0.39, 0.29) is 0 Å². The van der Waals surface area contributed by atoms with E-state index in [0.717, 1.165) is 27.8 Å². The molecule has 0 spiro atoms. The van der Waals surface area contributed by atoms with E-state index >= 15 is 0 Å². The van der Waals surface area contributed by atoms with E-state index < -0.39 is 0 Å². The Morgan fingerprint density at radius 2 is 1.38 bits per heavy atom. The van der Waals surface area contributed by atoms with Crippen LogP contribution in [0.1, 0.15) is 22.3 Å². The van der Waals surface area contributed by atoms with E-state index in [1.54, 1.807) is 21.3 Å². The first-order valence-electron chi connectivity index (χ1n) is 7.48. The molecule has 0 aliphatic carbocycles. The second-order valence-electron chi connectivity index (χ2n) is 5.14. The van der Waals surface area contributed by atoms with Gasteiger partial charge in [-0.2, -0.15) is 0 Å². The predicted molar refractivity (Wildman–Crippen MR) is 101 cm³/mol.